The van der Waals surface area contributed by atoms with Gasteiger partial charge in [0, 0.05) is 12.1 Å². The second-order valence-electron chi connectivity index (χ2n) is 6.53. The van der Waals surface area contributed by atoms with E-state index in [4.69, 9.17) is 4.18 Å². The molecule has 0 aliphatic heterocycles. The van der Waals surface area contributed by atoms with Crippen LogP contribution in [-0.2, 0) is 20.1 Å². The monoisotopic (exact) mass is 475 g/mol. The lowest BCUT2D eigenvalue weighted by atomic mass is 10.2. The molecule has 0 radical (unpaired) electrons. The second kappa shape index (κ2) is 9.16. The van der Waals surface area contributed by atoms with E-state index in [2.05, 4.69) is 9.93 Å². The number of rotatable bonds is 8. The third-order valence-electron chi connectivity index (χ3n) is 4.12. The highest BCUT2D eigenvalue weighted by Crippen LogP contribution is 2.21. The molecule has 166 valence electrons. The molecule has 1 N–H and O–H groups in total. The first kappa shape index (κ1) is 22.9. The molecule has 0 atom stereocenters. The predicted molar refractivity (Wildman–Crippen MR) is 116 cm³/mol. The highest BCUT2D eigenvalue weighted by molar-refractivity contribution is 7.89. The van der Waals surface area contributed by atoms with Crippen molar-refractivity contribution >= 4 is 32.0 Å². The number of nitrogens with one attached hydrogen (secondary N) is 1. The number of hydrazone groups is 1. The predicted octanol–water partition coefficient (Wildman–Crippen LogP) is 2.98. The van der Waals surface area contributed by atoms with E-state index >= 15 is 0 Å². The number of nitrogens with zero attached hydrogens (tertiary/aromatic N) is 2. The molecule has 0 fully saturated rings. The minimum atomic E-state index is -4.23. The third-order valence-corrected chi connectivity index (χ3v) is 6.62. The first-order valence-electron chi connectivity index (χ1n) is 8.97. The Morgan fingerprint density at radius 1 is 0.938 bits per heavy atom. The molecule has 0 unspecified atom stereocenters. The number of aryl methyl sites for hydroxylation is 1. The van der Waals surface area contributed by atoms with E-state index in [9.17, 15) is 26.9 Å². The first-order valence-corrected chi connectivity index (χ1v) is 11.9. The lowest BCUT2D eigenvalue weighted by Crippen LogP contribution is -2.18. The van der Waals surface area contributed by atoms with Crippen molar-refractivity contribution in [1.29, 1.82) is 0 Å². The summed E-state index contributed by atoms with van der Waals surface area (Å²) in [5.41, 5.74) is 1.02. The maximum atomic E-state index is 12.4. The number of sulfonamides is 1. The van der Waals surface area contributed by atoms with Crippen LogP contribution in [-0.4, -0.2) is 28.0 Å². The van der Waals surface area contributed by atoms with E-state index in [1.807, 2.05) is 6.92 Å². The minimum Gasteiger partial charge on any atom is -0.379 e. The minimum absolute atomic E-state index is 0.0475. The van der Waals surface area contributed by atoms with Crippen LogP contribution in [0.3, 0.4) is 0 Å². The molecule has 0 saturated carbocycles. The standard InChI is InChI=1S/C20H17N3O7S2/c1-15-5-9-19(10-6-15)31(26,27)22-21-14-16-3-2-4-18(13-16)30-32(28,29)20-11-7-17(8-12-20)23(24)25/h2-14,22H,1H3. The summed E-state index contributed by atoms with van der Waals surface area (Å²) in [4.78, 5) is 11.9. The summed E-state index contributed by atoms with van der Waals surface area (Å²) in [5, 5.41) is 14.4. The Morgan fingerprint density at radius 2 is 1.56 bits per heavy atom. The van der Waals surface area contributed by atoms with Gasteiger partial charge in [0.1, 0.15) is 10.6 Å². The fourth-order valence-electron chi connectivity index (χ4n) is 2.50. The van der Waals surface area contributed by atoms with Gasteiger partial charge in [-0.05, 0) is 48.9 Å². The topological polar surface area (TPSA) is 145 Å². The van der Waals surface area contributed by atoms with Crippen molar-refractivity contribution in [2.45, 2.75) is 16.7 Å². The highest BCUT2D eigenvalue weighted by Gasteiger charge is 2.18. The number of nitro groups is 1. The smallest absolute Gasteiger partial charge is 0.339 e. The Labute approximate surface area is 184 Å². The van der Waals surface area contributed by atoms with Gasteiger partial charge in [0.2, 0.25) is 0 Å². The number of nitro benzene ring substituents is 1. The summed E-state index contributed by atoms with van der Waals surface area (Å²) in [6.07, 6.45) is 1.19. The molecule has 0 aliphatic carbocycles. The van der Waals surface area contributed by atoms with E-state index < -0.39 is 25.1 Å². The Morgan fingerprint density at radius 3 is 2.19 bits per heavy atom. The largest absolute Gasteiger partial charge is 0.379 e. The Hall–Kier alpha value is -3.77. The number of benzene rings is 3. The fraction of sp³-hybridized carbons (Fsp3) is 0.0500. The average Bonchev–Trinajstić information content (AvgIpc) is 2.74. The van der Waals surface area contributed by atoms with Gasteiger partial charge < -0.3 is 4.18 Å². The van der Waals surface area contributed by atoms with Gasteiger partial charge in [-0.25, -0.2) is 4.83 Å². The quantitative estimate of drug-likeness (QED) is 0.228. The number of hydrogen-bond donors (Lipinski definition) is 1. The van der Waals surface area contributed by atoms with Crippen LogP contribution in [0.25, 0.3) is 0 Å². The normalized spacial score (nSPS) is 11.9. The molecule has 0 heterocycles. The van der Waals surface area contributed by atoms with Crippen molar-refractivity contribution in [3.05, 3.63) is 94.0 Å². The van der Waals surface area contributed by atoms with Crippen LogP contribution in [0, 0.1) is 17.0 Å². The van der Waals surface area contributed by atoms with Gasteiger partial charge in [0.25, 0.3) is 15.7 Å². The first-order chi connectivity index (χ1) is 15.1. The Balaban J connectivity index is 1.72. The van der Waals surface area contributed by atoms with Crippen molar-refractivity contribution in [2.24, 2.45) is 5.10 Å². The van der Waals surface area contributed by atoms with Crippen LogP contribution >= 0.6 is 0 Å². The summed E-state index contributed by atoms with van der Waals surface area (Å²) < 4.78 is 54.3. The number of hydrogen-bond acceptors (Lipinski definition) is 8. The fourth-order valence-corrected chi connectivity index (χ4v) is 4.21. The summed E-state index contributed by atoms with van der Waals surface area (Å²) in [7, 11) is -8.09. The molecule has 10 nitrogen and oxygen atoms in total. The third kappa shape index (κ3) is 5.68. The van der Waals surface area contributed by atoms with E-state index in [1.165, 1.54) is 36.5 Å². The molecule has 0 saturated heterocycles. The molecule has 0 bridgehead atoms. The zero-order chi connectivity index (χ0) is 23.4. The molecule has 0 aliphatic rings. The second-order valence-corrected chi connectivity index (χ2v) is 9.73. The maximum Gasteiger partial charge on any atom is 0.339 e. The van der Waals surface area contributed by atoms with Crippen molar-refractivity contribution in [3.63, 3.8) is 0 Å². The van der Waals surface area contributed by atoms with Gasteiger partial charge in [-0.1, -0.05) is 29.8 Å². The molecule has 3 aromatic rings. The molecule has 12 heteroatoms. The molecule has 0 spiro atoms. The highest BCUT2D eigenvalue weighted by atomic mass is 32.2. The summed E-state index contributed by atoms with van der Waals surface area (Å²) in [6, 6.07) is 16.2. The van der Waals surface area contributed by atoms with Gasteiger partial charge >= 0.3 is 10.1 Å². The van der Waals surface area contributed by atoms with E-state index in [0.29, 0.717) is 5.56 Å². The molecule has 3 rings (SSSR count). The van der Waals surface area contributed by atoms with Crippen molar-refractivity contribution < 1.29 is 25.9 Å². The van der Waals surface area contributed by atoms with E-state index in [1.54, 1.807) is 18.2 Å². The zero-order valence-electron chi connectivity index (χ0n) is 16.6. The lowest BCUT2D eigenvalue weighted by Gasteiger charge is -2.07. The van der Waals surface area contributed by atoms with Crippen LogP contribution in [0.1, 0.15) is 11.1 Å². The van der Waals surface area contributed by atoms with Gasteiger partial charge in [-0.15, -0.1) is 0 Å². The average molecular weight is 476 g/mol. The molecular weight excluding hydrogens is 458 g/mol. The van der Waals surface area contributed by atoms with E-state index in [-0.39, 0.29) is 21.2 Å². The summed E-state index contributed by atoms with van der Waals surface area (Å²) in [5.74, 6) is -0.0475. The van der Waals surface area contributed by atoms with Gasteiger partial charge in [-0.3, -0.25) is 10.1 Å². The van der Waals surface area contributed by atoms with Crippen LogP contribution in [0.2, 0.25) is 0 Å². The zero-order valence-corrected chi connectivity index (χ0v) is 18.2. The lowest BCUT2D eigenvalue weighted by molar-refractivity contribution is -0.384. The van der Waals surface area contributed by atoms with Gasteiger partial charge in [-0.2, -0.15) is 21.9 Å². The van der Waals surface area contributed by atoms with Crippen LogP contribution in [0.5, 0.6) is 5.75 Å². The summed E-state index contributed by atoms with van der Waals surface area (Å²) >= 11 is 0. The molecule has 3 aromatic carbocycles. The van der Waals surface area contributed by atoms with Gasteiger partial charge in [0.15, 0.2) is 0 Å². The van der Waals surface area contributed by atoms with E-state index in [0.717, 1.165) is 29.8 Å². The van der Waals surface area contributed by atoms with Crippen molar-refractivity contribution in [1.82, 2.24) is 4.83 Å². The Kier molecular flexibility index (Phi) is 6.55. The maximum absolute atomic E-state index is 12.4. The molecule has 0 aromatic heterocycles. The van der Waals surface area contributed by atoms with Crippen LogP contribution in [0.15, 0.2) is 87.7 Å². The van der Waals surface area contributed by atoms with Gasteiger partial charge in [0.05, 0.1) is 16.0 Å². The van der Waals surface area contributed by atoms with Crippen LogP contribution < -0.4 is 9.01 Å². The SMILES string of the molecule is Cc1ccc(S(=O)(=O)NN=Cc2cccc(OS(=O)(=O)c3ccc([N+](=O)[O-])cc3)c2)cc1. The molecule has 32 heavy (non-hydrogen) atoms. The van der Waals surface area contributed by atoms with Crippen LogP contribution in [0.4, 0.5) is 5.69 Å². The molecular formula is C20H17N3O7S2. The van der Waals surface area contributed by atoms with Crippen molar-refractivity contribution in [2.75, 3.05) is 0 Å². The Bertz CT molecular complexity index is 1370. The molecule has 0 amide bonds. The summed E-state index contributed by atoms with van der Waals surface area (Å²) in [6.45, 7) is 1.83. The number of non-ortho nitro benzene ring substituents is 1. The van der Waals surface area contributed by atoms with Crippen molar-refractivity contribution in [3.8, 4) is 5.75 Å².